The van der Waals surface area contributed by atoms with Gasteiger partial charge in [0.05, 0.1) is 4.90 Å². The molecule has 0 saturated heterocycles. The van der Waals surface area contributed by atoms with Crippen molar-refractivity contribution in [3.05, 3.63) is 27.7 Å². The van der Waals surface area contributed by atoms with Gasteiger partial charge in [-0.25, -0.2) is 8.42 Å². The summed E-state index contributed by atoms with van der Waals surface area (Å²) in [7, 11) is 1.56. The molecule has 21 heavy (non-hydrogen) atoms. The van der Waals surface area contributed by atoms with E-state index in [-0.39, 0.29) is 10.8 Å². The second kappa shape index (κ2) is 6.26. The molecule has 0 spiro atoms. The van der Waals surface area contributed by atoms with Crippen molar-refractivity contribution in [3.8, 4) is 0 Å². The summed E-state index contributed by atoms with van der Waals surface area (Å²) >= 11 is 3.30. The monoisotopic (exact) mass is 393 g/mol. The average Bonchev–Trinajstić information content (AvgIpc) is 3.20. The van der Waals surface area contributed by atoms with E-state index in [0.29, 0.717) is 28.1 Å². The van der Waals surface area contributed by atoms with Crippen molar-refractivity contribution < 1.29 is 13.2 Å². The van der Waals surface area contributed by atoms with Crippen LogP contribution in [0.4, 0.5) is 0 Å². The van der Waals surface area contributed by atoms with E-state index in [4.69, 9.17) is 10.7 Å². The highest BCUT2D eigenvalue weighted by atomic mass is 79.9. The molecule has 2 rings (SSSR count). The Bertz CT molecular complexity index is 671. The third-order valence-electron chi connectivity index (χ3n) is 3.65. The van der Waals surface area contributed by atoms with Crippen LogP contribution in [-0.2, 0) is 9.05 Å². The second-order valence-electron chi connectivity index (χ2n) is 5.31. The number of carbonyl (C=O) groups is 1. The minimum absolute atomic E-state index is 0.0237. The molecule has 0 aromatic heterocycles. The maximum absolute atomic E-state index is 12.5. The van der Waals surface area contributed by atoms with Crippen LogP contribution in [0.25, 0.3) is 0 Å². The molecule has 0 radical (unpaired) electrons. The zero-order chi connectivity index (χ0) is 15.8. The minimum Gasteiger partial charge on any atom is -0.339 e. The van der Waals surface area contributed by atoms with Crippen LogP contribution in [0.1, 0.15) is 35.7 Å². The van der Waals surface area contributed by atoms with E-state index in [1.807, 2.05) is 6.92 Å². The average molecular weight is 395 g/mol. The summed E-state index contributed by atoms with van der Waals surface area (Å²) in [6, 6.07) is 3.01. The molecule has 1 fully saturated rings. The van der Waals surface area contributed by atoms with Crippen LogP contribution in [0, 0.1) is 12.8 Å². The molecule has 0 bridgehead atoms. The SMILES string of the molecule is CCN(CC1CC1)C(=O)c1cc(Br)c(C)c(S(=O)(=O)Cl)c1. The highest BCUT2D eigenvalue weighted by Gasteiger charge is 2.27. The maximum Gasteiger partial charge on any atom is 0.261 e. The molecule has 116 valence electrons. The topological polar surface area (TPSA) is 54.5 Å². The van der Waals surface area contributed by atoms with Crippen molar-refractivity contribution in [3.63, 3.8) is 0 Å². The third kappa shape index (κ3) is 3.99. The number of amides is 1. The van der Waals surface area contributed by atoms with Crippen LogP contribution in [0.3, 0.4) is 0 Å². The summed E-state index contributed by atoms with van der Waals surface area (Å²) in [5.74, 6) is 0.422. The largest absolute Gasteiger partial charge is 0.339 e. The Kier molecular flexibility index (Phi) is 5.00. The first-order valence-corrected chi connectivity index (χ1v) is 9.88. The van der Waals surface area contributed by atoms with E-state index >= 15 is 0 Å². The second-order valence-corrected chi connectivity index (χ2v) is 8.69. The van der Waals surface area contributed by atoms with Gasteiger partial charge < -0.3 is 4.90 Å². The lowest BCUT2D eigenvalue weighted by Gasteiger charge is -2.21. The van der Waals surface area contributed by atoms with Crippen LogP contribution in [-0.4, -0.2) is 32.3 Å². The number of halogens is 2. The van der Waals surface area contributed by atoms with Gasteiger partial charge >= 0.3 is 0 Å². The number of carbonyl (C=O) groups excluding carboxylic acids is 1. The van der Waals surface area contributed by atoms with E-state index in [1.165, 1.54) is 6.07 Å². The first-order chi connectivity index (χ1) is 9.74. The fourth-order valence-electron chi connectivity index (χ4n) is 2.18. The van der Waals surface area contributed by atoms with Crippen molar-refractivity contribution in [2.24, 2.45) is 5.92 Å². The first kappa shape index (κ1) is 16.8. The van der Waals surface area contributed by atoms with Gasteiger partial charge in [0.25, 0.3) is 15.0 Å². The molecule has 1 aliphatic rings. The van der Waals surface area contributed by atoms with Crippen LogP contribution in [0.5, 0.6) is 0 Å². The zero-order valence-corrected chi connectivity index (χ0v) is 15.1. The van der Waals surface area contributed by atoms with Gasteiger partial charge in [-0.2, -0.15) is 0 Å². The Balaban J connectivity index is 2.38. The molecule has 7 heteroatoms. The standard InChI is InChI=1S/C14H17BrClNO3S/c1-3-17(8-10-4-5-10)14(18)11-6-12(15)9(2)13(7-11)21(16,19)20/h6-7,10H,3-5,8H2,1-2H3. The molecule has 4 nitrogen and oxygen atoms in total. The predicted molar refractivity (Wildman–Crippen MR) is 86.2 cm³/mol. The van der Waals surface area contributed by atoms with Crippen LogP contribution < -0.4 is 0 Å². The maximum atomic E-state index is 12.5. The Labute approximate surface area is 138 Å². The van der Waals surface area contributed by atoms with Crippen molar-refractivity contribution in [1.82, 2.24) is 4.90 Å². The Morgan fingerprint density at radius 1 is 1.43 bits per heavy atom. The molecule has 1 aliphatic carbocycles. The summed E-state index contributed by atoms with van der Waals surface area (Å²) in [5, 5.41) is 0. The summed E-state index contributed by atoms with van der Waals surface area (Å²) in [6.45, 7) is 4.89. The van der Waals surface area contributed by atoms with E-state index in [2.05, 4.69) is 15.9 Å². The van der Waals surface area contributed by atoms with Crippen molar-refractivity contribution in [2.75, 3.05) is 13.1 Å². The molecule has 0 heterocycles. The molecular formula is C14H17BrClNO3S. The number of hydrogen-bond donors (Lipinski definition) is 0. The van der Waals surface area contributed by atoms with Crippen LogP contribution in [0.2, 0.25) is 0 Å². The van der Waals surface area contributed by atoms with E-state index < -0.39 is 9.05 Å². The lowest BCUT2D eigenvalue weighted by atomic mass is 10.1. The fraction of sp³-hybridized carbons (Fsp3) is 0.500. The van der Waals surface area contributed by atoms with Gasteiger partial charge in [0.1, 0.15) is 0 Å². The number of rotatable bonds is 5. The fourth-order valence-corrected chi connectivity index (χ4v) is 4.00. The molecule has 0 unspecified atom stereocenters. The molecule has 0 aliphatic heterocycles. The Hall–Kier alpha value is -0.590. The lowest BCUT2D eigenvalue weighted by molar-refractivity contribution is 0.0756. The first-order valence-electron chi connectivity index (χ1n) is 6.78. The number of nitrogens with zero attached hydrogens (tertiary/aromatic N) is 1. The van der Waals surface area contributed by atoms with E-state index in [9.17, 15) is 13.2 Å². The van der Waals surface area contributed by atoms with Gasteiger partial charge in [-0.3, -0.25) is 4.79 Å². The minimum atomic E-state index is -3.88. The quantitative estimate of drug-likeness (QED) is 0.718. The molecule has 1 amide bonds. The summed E-state index contributed by atoms with van der Waals surface area (Å²) in [5.41, 5.74) is 0.848. The van der Waals surface area contributed by atoms with Gasteiger partial charge in [0.15, 0.2) is 0 Å². The molecule has 1 aromatic rings. The van der Waals surface area contributed by atoms with Crippen LogP contribution in [0.15, 0.2) is 21.5 Å². The highest BCUT2D eigenvalue weighted by molar-refractivity contribution is 9.10. The zero-order valence-electron chi connectivity index (χ0n) is 11.9. The Morgan fingerprint density at radius 2 is 2.05 bits per heavy atom. The highest BCUT2D eigenvalue weighted by Crippen LogP contribution is 2.31. The van der Waals surface area contributed by atoms with Crippen molar-refractivity contribution in [1.29, 1.82) is 0 Å². The van der Waals surface area contributed by atoms with Gasteiger partial charge in [-0.1, -0.05) is 15.9 Å². The molecular weight excluding hydrogens is 378 g/mol. The molecule has 0 atom stereocenters. The van der Waals surface area contributed by atoms with Crippen molar-refractivity contribution >= 4 is 41.6 Å². The normalized spacial score (nSPS) is 15.0. The third-order valence-corrected chi connectivity index (χ3v) is 5.92. The summed E-state index contributed by atoms with van der Waals surface area (Å²) in [6.07, 6.45) is 2.31. The summed E-state index contributed by atoms with van der Waals surface area (Å²) < 4.78 is 23.8. The van der Waals surface area contributed by atoms with Crippen LogP contribution >= 0.6 is 26.6 Å². The molecule has 1 aromatic carbocycles. The predicted octanol–water partition coefficient (Wildman–Crippen LogP) is 3.56. The van der Waals surface area contributed by atoms with Gasteiger partial charge in [0, 0.05) is 33.8 Å². The summed E-state index contributed by atoms with van der Waals surface area (Å²) in [4.78, 5) is 14.3. The molecule has 1 saturated carbocycles. The number of hydrogen-bond acceptors (Lipinski definition) is 3. The van der Waals surface area contributed by atoms with Crippen molar-refractivity contribution in [2.45, 2.75) is 31.6 Å². The lowest BCUT2D eigenvalue weighted by Crippen LogP contribution is -2.32. The van der Waals surface area contributed by atoms with Gasteiger partial charge in [-0.05, 0) is 50.3 Å². The number of benzene rings is 1. The van der Waals surface area contributed by atoms with Gasteiger partial charge in [-0.15, -0.1) is 0 Å². The smallest absolute Gasteiger partial charge is 0.261 e. The van der Waals surface area contributed by atoms with E-state index in [1.54, 1.807) is 17.9 Å². The van der Waals surface area contributed by atoms with Gasteiger partial charge in [0.2, 0.25) is 0 Å². The van der Waals surface area contributed by atoms with E-state index in [0.717, 1.165) is 19.4 Å². The Morgan fingerprint density at radius 3 is 2.52 bits per heavy atom. The molecule has 0 N–H and O–H groups in total.